The number of nitrogen functional groups attached to an aromatic ring is 1. The van der Waals surface area contributed by atoms with Crippen LogP contribution in [0.15, 0.2) is 11.2 Å². The number of rotatable bonds is 2. The van der Waals surface area contributed by atoms with Crippen molar-refractivity contribution in [1.29, 1.82) is 5.26 Å². The predicted octanol–water partition coefficient (Wildman–Crippen LogP) is 0.120. The van der Waals surface area contributed by atoms with E-state index in [1.807, 2.05) is 0 Å². The maximum absolute atomic E-state index is 12.4. The van der Waals surface area contributed by atoms with E-state index in [9.17, 15) is 17.2 Å². The van der Waals surface area contributed by atoms with Crippen LogP contribution in [0.4, 0.5) is 14.5 Å². The Labute approximate surface area is 89.5 Å². The summed E-state index contributed by atoms with van der Waals surface area (Å²) in [5, 5.41) is 12.6. The molecule has 9 heteroatoms. The van der Waals surface area contributed by atoms with Crippen LogP contribution in [0.2, 0.25) is 0 Å². The third-order valence-electron chi connectivity index (χ3n) is 1.73. The third kappa shape index (κ3) is 2.07. The Morgan fingerprint density at radius 3 is 2.44 bits per heavy atom. The van der Waals surface area contributed by atoms with E-state index in [4.69, 9.17) is 16.1 Å². The number of halogens is 2. The molecule has 0 amide bonds. The molecule has 0 aromatic carbocycles. The summed E-state index contributed by atoms with van der Waals surface area (Å²) >= 11 is 0. The van der Waals surface area contributed by atoms with Crippen molar-refractivity contribution in [3.05, 3.63) is 17.3 Å². The van der Waals surface area contributed by atoms with Gasteiger partial charge in [-0.2, -0.15) is 5.26 Å². The van der Waals surface area contributed by atoms with E-state index in [1.54, 1.807) is 0 Å². The van der Waals surface area contributed by atoms with Crippen LogP contribution in [0.3, 0.4) is 0 Å². The van der Waals surface area contributed by atoms with E-state index in [0.29, 0.717) is 6.20 Å². The lowest BCUT2D eigenvalue weighted by atomic mass is 10.1. The summed E-state index contributed by atoms with van der Waals surface area (Å²) in [7, 11) is -4.27. The van der Waals surface area contributed by atoms with Crippen LogP contribution >= 0.6 is 0 Å². The van der Waals surface area contributed by atoms with Crippen molar-refractivity contribution in [3.8, 4) is 6.07 Å². The van der Waals surface area contributed by atoms with E-state index < -0.39 is 38.3 Å². The van der Waals surface area contributed by atoms with Gasteiger partial charge in [-0.15, -0.1) is 0 Å². The zero-order valence-electron chi connectivity index (χ0n) is 7.68. The lowest BCUT2D eigenvalue weighted by Gasteiger charge is -2.08. The fourth-order valence-corrected chi connectivity index (χ4v) is 1.66. The minimum Gasteiger partial charge on any atom is -0.397 e. The van der Waals surface area contributed by atoms with E-state index in [0.717, 1.165) is 0 Å². The molecule has 1 heterocycles. The van der Waals surface area contributed by atoms with Crippen molar-refractivity contribution in [2.75, 3.05) is 5.73 Å². The van der Waals surface area contributed by atoms with Gasteiger partial charge >= 0.3 is 0 Å². The molecule has 0 aliphatic rings. The second-order valence-corrected chi connectivity index (χ2v) is 4.24. The lowest BCUT2D eigenvalue weighted by Crippen LogP contribution is -2.17. The number of aromatic nitrogens is 1. The maximum Gasteiger partial charge on any atom is 0.267 e. The molecule has 1 aromatic rings. The van der Waals surface area contributed by atoms with Crippen LogP contribution in [-0.4, -0.2) is 13.4 Å². The van der Waals surface area contributed by atoms with E-state index in [2.05, 4.69) is 4.98 Å². The van der Waals surface area contributed by atoms with Crippen molar-refractivity contribution in [3.63, 3.8) is 0 Å². The Morgan fingerprint density at radius 2 is 2.06 bits per heavy atom. The fourth-order valence-electron chi connectivity index (χ4n) is 1.02. The first-order chi connectivity index (χ1) is 7.29. The van der Waals surface area contributed by atoms with E-state index in [-0.39, 0.29) is 0 Å². The number of primary sulfonamides is 1. The van der Waals surface area contributed by atoms with Gasteiger partial charge in [-0.3, -0.25) is 0 Å². The van der Waals surface area contributed by atoms with Gasteiger partial charge < -0.3 is 5.73 Å². The summed E-state index contributed by atoms with van der Waals surface area (Å²) in [5.41, 5.74) is 3.23. The van der Waals surface area contributed by atoms with Gasteiger partial charge in [-0.05, 0) is 0 Å². The highest BCUT2D eigenvalue weighted by Crippen LogP contribution is 2.29. The number of anilines is 1. The molecule has 0 spiro atoms. The Hall–Kier alpha value is -1.79. The first-order valence-electron chi connectivity index (χ1n) is 3.78. The zero-order chi connectivity index (χ0) is 12.5. The molecule has 0 aliphatic carbocycles. The SMILES string of the molecule is N#Cc1c(S(N)(=O)=O)ncc(C(F)F)c1N. The van der Waals surface area contributed by atoms with Crippen LogP contribution in [0.5, 0.6) is 0 Å². The average Bonchev–Trinajstić information content (AvgIpc) is 2.15. The van der Waals surface area contributed by atoms with Crippen molar-refractivity contribution in [1.82, 2.24) is 4.98 Å². The highest BCUT2D eigenvalue weighted by atomic mass is 32.2. The molecular weight excluding hydrogens is 242 g/mol. The predicted molar refractivity (Wildman–Crippen MR) is 49.7 cm³/mol. The second kappa shape index (κ2) is 3.99. The summed E-state index contributed by atoms with van der Waals surface area (Å²) in [6.45, 7) is 0. The molecule has 4 N–H and O–H groups in total. The summed E-state index contributed by atoms with van der Waals surface area (Å²) in [4.78, 5) is 3.21. The number of pyridine rings is 1. The maximum atomic E-state index is 12.4. The standard InChI is InChI=1S/C7H6F2N4O2S/c8-6(9)4-2-13-7(16(12,14)15)3(1-10)5(4)11/h2,6H,(H2,11,13)(H2,12,14,15). The van der Waals surface area contributed by atoms with Crippen molar-refractivity contribution in [2.24, 2.45) is 5.14 Å². The monoisotopic (exact) mass is 248 g/mol. The van der Waals surface area contributed by atoms with E-state index in [1.165, 1.54) is 6.07 Å². The second-order valence-electron chi connectivity index (χ2n) is 2.76. The van der Waals surface area contributed by atoms with Gasteiger partial charge in [0.05, 0.1) is 11.3 Å². The van der Waals surface area contributed by atoms with Gasteiger partial charge in [-0.1, -0.05) is 0 Å². The zero-order valence-corrected chi connectivity index (χ0v) is 8.50. The number of sulfonamides is 1. The minimum atomic E-state index is -4.27. The molecule has 0 unspecified atom stereocenters. The Morgan fingerprint density at radius 1 is 1.50 bits per heavy atom. The number of hydrogen-bond donors (Lipinski definition) is 2. The molecule has 1 rings (SSSR count). The largest absolute Gasteiger partial charge is 0.397 e. The van der Waals surface area contributed by atoms with Crippen LogP contribution in [0.25, 0.3) is 0 Å². The lowest BCUT2D eigenvalue weighted by molar-refractivity contribution is 0.151. The summed E-state index contributed by atoms with van der Waals surface area (Å²) in [6, 6.07) is 1.39. The van der Waals surface area contributed by atoms with Crippen LogP contribution in [0.1, 0.15) is 17.6 Å². The van der Waals surface area contributed by atoms with Gasteiger partial charge in [0.1, 0.15) is 11.6 Å². The topological polar surface area (TPSA) is 123 Å². The fraction of sp³-hybridized carbons (Fsp3) is 0.143. The number of hydrogen-bond acceptors (Lipinski definition) is 5. The number of nitrogens with two attached hydrogens (primary N) is 2. The molecule has 0 saturated carbocycles. The smallest absolute Gasteiger partial charge is 0.267 e. The number of nitrogens with zero attached hydrogens (tertiary/aromatic N) is 2. The van der Waals surface area contributed by atoms with Crippen LogP contribution < -0.4 is 10.9 Å². The Kier molecular flexibility index (Phi) is 3.06. The highest BCUT2D eigenvalue weighted by Gasteiger charge is 2.23. The van der Waals surface area contributed by atoms with Gasteiger partial charge in [0.2, 0.25) is 0 Å². The quantitative estimate of drug-likeness (QED) is 0.769. The molecule has 0 radical (unpaired) electrons. The molecule has 0 saturated heterocycles. The Balaban J connectivity index is 3.62. The summed E-state index contributed by atoms with van der Waals surface area (Å²) < 4.78 is 46.7. The number of nitriles is 1. The molecule has 0 atom stereocenters. The van der Waals surface area contributed by atoms with Gasteiger partial charge in [-0.25, -0.2) is 27.3 Å². The van der Waals surface area contributed by atoms with Crippen molar-refractivity contribution >= 4 is 15.7 Å². The molecule has 6 nitrogen and oxygen atoms in total. The van der Waals surface area contributed by atoms with Gasteiger partial charge in [0.15, 0.2) is 5.03 Å². The average molecular weight is 248 g/mol. The molecule has 86 valence electrons. The minimum absolute atomic E-state index is 0.584. The molecule has 16 heavy (non-hydrogen) atoms. The van der Waals surface area contributed by atoms with Gasteiger partial charge in [0.25, 0.3) is 16.4 Å². The van der Waals surface area contributed by atoms with Crippen molar-refractivity contribution in [2.45, 2.75) is 11.5 Å². The molecular formula is C7H6F2N4O2S. The first kappa shape index (κ1) is 12.3. The highest BCUT2D eigenvalue weighted by molar-refractivity contribution is 7.89. The summed E-state index contributed by atoms with van der Waals surface area (Å²) in [5.74, 6) is 0. The number of alkyl halides is 2. The van der Waals surface area contributed by atoms with Crippen molar-refractivity contribution < 1.29 is 17.2 Å². The summed E-state index contributed by atoms with van der Waals surface area (Å²) in [6.07, 6.45) is -2.37. The first-order valence-corrected chi connectivity index (χ1v) is 5.33. The van der Waals surface area contributed by atoms with Gasteiger partial charge in [0, 0.05) is 6.20 Å². The van der Waals surface area contributed by atoms with Crippen LogP contribution in [0, 0.1) is 11.3 Å². The molecule has 1 aromatic heterocycles. The molecule has 0 bridgehead atoms. The molecule has 0 fully saturated rings. The third-order valence-corrected chi connectivity index (χ3v) is 2.58. The van der Waals surface area contributed by atoms with E-state index >= 15 is 0 Å². The normalized spacial score (nSPS) is 11.4. The Bertz CT molecular complexity index is 564. The molecule has 0 aliphatic heterocycles. The van der Waals surface area contributed by atoms with Crippen LogP contribution in [-0.2, 0) is 10.0 Å².